The van der Waals surface area contributed by atoms with Crippen molar-refractivity contribution in [1.82, 2.24) is 0 Å². The Morgan fingerprint density at radius 3 is 1.82 bits per heavy atom. The summed E-state index contributed by atoms with van der Waals surface area (Å²) in [5.74, 6) is -7.98. The molecule has 0 radical (unpaired) electrons. The van der Waals surface area contributed by atoms with Crippen LogP contribution in [0.25, 0.3) is 0 Å². The Morgan fingerprint density at radius 1 is 1.09 bits per heavy atom. The summed E-state index contributed by atoms with van der Waals surface area (Å²) in [4.78, 5) is 0. The van der Waals surface area contributed by atoms with E-state index in [-0.39, 0.29) is 6.42 Å². The lowest BCUT2D eigenvalue weighted by Gasteiger charge is -2.25. The molecule has 0 aromatic heterocycles. The number of rotatable bonds is 0. The van der Waals surface area contributed by atoms with Crippen molar-refractivity contribution in [3.8, 4) is 0 Å². The lowest BCUT2D eigenvalue weighted by atomic mass is 10.0. The maximum absolute atomic E-state index is 12.8. The molecule has 0 aromatic rings. The molecule has 2 rings (SSSR count). The molecule has 0 aromatic carbocycles. The van der Waals surface area contributed by atoms with Crippen molar-refractivity contribution in [3.63, 3.8) is 0 Å². The molecular formula is C7H8F4. The van der Waals surface area contributed by atoms with Gasteiger partial charge in [-0.25, -0.2) is 0 Å². The highest BCUT2D eigenvalue weighted by atomic mass is 19.3. The van der Waals surface area contributed by atoms with Crippen molar-refractivity contribution in [2.24, 2.45) is 11.3 Å². The van der Waals surface area contributed by atoms with Crippen LogP contribution in [0, 0.1) is 11.3 Å². The average molecular weight is 168 g/mol. The Kier molecular flexibility index (Phi) is 0.960. The third-order valence-corrected chi connectivity index (χ3v) is 3.09. The fourth-order valence-electron chi connectivity index (χ4n) is 1.99. The van der Waals surface area contributed by atoms with E-state index in [1.54, 1.807) is 0 Å². The van der Waals surface area contributed by atoms with Crippen molar-refractivity contribution >= 4 is 0 Å². The Morgan fingerprint density at radius 2 is 1.64 bits per heavy atom. The predicted octanol–water partition coefficient (Wildman–Crippen LogP) is 2.69. The Labute approximate surface area is 61.6 Å². The van der Waals surface area contributed by atoms with E-state index in [1.165, 1.54) is 6.92 Å². The summed E-state index contributed by atoms with van der Waals surface area (Å²) in [6.45, 7) is 1.25. The van der Waals surface area contributed by atoms with Crippen LogP contribution in [0.2, 0.25) is 0 Å². The number of halogens is 4. The molecule has 0 nitrogen and oxygen atoms in total. The van der Waals surface area contributed by atoms with Gasteiger partial charge < -0.3 is 0 Å². The number of fused-ring (bicyclic) bond motifs is 1. The van der Waals surface area contributed by atoms with E-state index in [9.17, 15) is 17.6 Å². The summed E-state index contributed by atoms with van der Waals surface area (Å²) >= 11 is 0. The van der Waals surface area contributed by atoms with Crippen molar-refractivity contribution in [3.05, 3.63) is 0 Å². The van der Waals surface area contributed by atoms with E-state index in [2.05, 4.69) is 0 Å². The highest BCUT2D eigenvalue weighted by Crippen LogP contribution is 2.74. The van der Waals surface area contributed by atoms with E-state index >= 15 is 0 Å². The van der Waals surface area contributed by atoms with Crippen LogP contribution in [-0.4, -0.2) is 11.8 Å². The maximum Gasteiger partial charge on any atom is 0.315 e. The number of alkyl halides is 4. The van der Waals surface area contributed by atoms with Gasteiger partial charge in [0.1, 0.15) is 0 Å². The minimum atomic E-state index is -3.77. The van der Waals surface area contributed by atoms with Crippen LogP contribution in [0.1, 0.15) is 19.8 Å². The monoisotopic (exact) mass is 168 g/mol. The fourth-order valence-corrected chi connectivity index (χ4v) is 1.99. The summed E-state index contributed by atoms with van der Waals surface area (Å²) < 4.78 is 50.6. The highest BCUT2D eigenvalue weighted by Gasteiger charge is 2.82. The fraction of sp³-hybridized carbons (Fsp3) is 1.00. The zero-order valence-electron chi connectivity index (χ0n) is 6.00. The first kappa shape index (κ1) is 7.37. The molecule has 2 atom stereocenters. The molecule has 0 heterocycles. The van der Waals surface area contributed by atoms with Crippen LogP contribution in [0.4, 0.5) is 17.6 Å². The van der Waals surface area contributed by atoms with Gasteiger partial charge in [-0.2, -0.15) is 17.6 Å². The smallest absolute Gasteiger partial charge is 0.200 e. The molecule has 0 aliphatic heterocycles. The van der Waals surface area contributed by atoms with Gasteiger partial charge in [0, 0.05) is 11.8 Å². The van der Waals surface area contributed by atoms with Gasteiger partial charge in [-0.1, -0.05) is 6.92 Å². The third kappa shape index (κ3) is 0.576. The van der Waals surface area contributed by atoms with Crippen LogP contribution >= 0.6 is 0 Å². The van der Waals surface area contributed by atoms with Crippen LogP contribution in [0.3, 0.4) is 0 Å². The van der Waals surface area contributed by atoms with Crippen LogP contribution in [0.5, 0.6) is 0 Å². The molecule has 0 amide bonds. The average Bonchev–Trinajstić information content (AvgIpc) is 2.37. The third-order valence-electron chi connectivity index (χ3n) is 3.09. The predicted molar refractivity (Wildman–Crippen MR) is 30.7 cm³/mol. The Balaban J connectivity index is 2.38. The van der Waals surface area contributed by atoms with Gasteiger partial charge in [0.25, 0.3) is 0 Å². The lowest BCUT2D eigenvalue weighted by molar-refractivity contribution is -0.220. The second-order valence-electron chi connectivity index (χ2n) is 3.80. The van der Waals surface area contributed by atoms with Crippen molar-refractivity contribution in [1.29, 1.82) is 0 Å². The van der Waals surface area contributed by atoms with Crippen LogP contribution in [-0.2, 0) is 0 Å². The molecule has 2 aliphatic rings. The first-order valence-electron chi connectivity index (χ1n) is 3.57. The maximum atomic E-state index is 12.8. The standard InChI is InChI=1S/C7H8F4/c1-5-2-4(5)3-6(8,9)7(5,10)11/h4H,2-3H2,1H3/t4-,5-/m0/s1. The molecule has 2 saturated carbocycles. The first-order valence-corrected chi connectivity index (χ1v) is 3.57. The summed E-state index contributed by atoms with van der Waals surface area (Å²) in [5, 5.41) is 0. The van der Waals surface area contributed by atoms with Crippen LogP contribution < -0.4 is 0 Å². The molecule has 0 spiro atoms. The largest absolute Gasteiger partial charge is 0.315 e. The van der Waals surface area contributed by atoms with Gasteiger partial charge in [-0.3, -0.25) is 0 Å². The SMILES string of the molecule is C[C@]12C[C@H]1CC(F)(F)C2(F)F. The molecule has 4 heteroatoms. The van der Waals surface area contributed by atoms with Crippen molar-refractivity contribution in [2.45, 2.75) is 31.6 Å². The summed E-state index contributed by atoms with van der Waals surface area (Å²) in [5.41, 5.74) is -1.39. The molecule has 2 fully saturated rings. The normalized spacial score (nSPS) is 50.5. The molecule has 2 aliphatic carbocycles. The molecule has 0 saturated heterocycles. The highest BCUT2D eigenvalue weighted by molar-refractivity contribution is 5.19. The van der Waals surface area contributed by atoms with Gasteiger partial charge >= 0.3 is 11.8 Å². The second kappa shape index (κ2) is 1.43. The Hall–Kier alpha value is -0.280. The second-order valence-corrected chi connectivity index (χ2v) is 3.80. The quantitative estimate of drug-likeness (QED) is 0.488. The van der Waals surface area contributed by atoms with E-state index in [0.717, 1.165) is 0 Å². The lowest BCUT2D eigenvalue weighted by Crippen LogP contribution is -2.42. The first-order chi connectivity index (χ1) is 4.81. The Bertz CT molecular complexity index is 204. The molecule has 0 bridgehead atoms. The summed E-state index contributed by atoms with van der Waals surface area (Å²) in [7, 11) is 0. The zero-order valence-corrected chi connectivity index (χ0v) is 6.00. The van der Waals surface area contributed by atoms with Crippen molar-refractivity contribution < 1.29 is 17.6 Å². The van der Waals surface area contributed by atoms with E-state index < -0.39 is 29.6 Å². The molecule has 64 valence electrons. The van der Waals surface area contributed by atoms with Crippen LogP contribution in [0.15, 0.2) is 0 Å². The van der Waals surface area contributed by atoms with Crippen molar-refractivity contribution in [2.75, 3.05) is 0 Å². The minimum Gasteiger partial charge on any atom is -0.200 e. The van der Waals surface area contributed by atoms with Gasteiger partial charge in [-0.15, -0.1) is 0 Å². The summed E-state index contributed by atoms with van der Waals surface area (Å²) in [6.07, 6.45) is -0.369. The number of hydrogen-bond donors (Lipinski definition) is 0. The van der Waals surface area contributed by atoms with Gasteiger partial charge in [0.2, 0.25) is 0 Å². The molecule has 0 unspecified atom stereocenters. The number of hydrogen-bond acceptors (Lipinski definition) is 0. The minimum absolute atomic E-state index is 0.260. The topological polar surface area (TPSA) is 0 Å². The van der Waals surface area contributed by atoms with E-state index in [4.69, 9.17) is 0 Å². The van der Waals surface area contributed by atoms with E-state index in [0.29, 0.717) is 0 Å². The van der Waals surface area contributed by atoms with Gasteiger partial charge in [0.05, 0.1) is 0 Å². The molecule has 11 heavy (non-hydrogen) atoms. The molecular weight excluding hydrogens is 160 g/mol. The van der Waals surface area contributed by atoms with E-state index in [1.807, 2.05) is 0 Å². The van der Waals surface area contributed by atoms with Gasteiger partial charge in [0.15, 0.2) is 0 Å². The van der Waals surface area contributed by atoms with Gasteiger partial charge in [-0.05, 0) is 12.3 Å². The zero-order chi connectivity index (χ0) is 8.49. The molecule has 0 N–H and O–H groups in total. The summed E-state index contributed by atoms with van der Waals surface area (Å²) in [6, 6.07) is 0.